The molecule has 2 aliphatic rings. The number of para-hydroxylation sites is 1. The summed E-state index contributed by atoms with van der Waals surface area (Å²) in [6, 6.07) is 11.9. The van der Waals surface area contributed by atoms with Gasteiger partial charge >= 0.3 is 0 Å². The zero-order chi connectivity index (χ0) is 17.5. The van der Waals surface area contributed by atoms with Crippen LogP contribution in [0.4, 0.5) is 0 Å². The molecular formula is C19H20N2. The standard InChI is InChI=1S/C19H20N2/c1-5-14(2)17-13-21(18-11-7-6-9-15(18)3)19-16(17)10-8-12-20(19)4/h5-12H,1-4H3/i2D3. The van der Waals surface area contributed by atoms with E-state index < -0.39 is 6.85 Å². The normalized spacial score (nSPS) is 14.8. The fourth-order valence-corrected chi connectivity index (χ4v) is 2.64. The molecule has 1 aromatic rings. The summed E-state index contributed by atoms with van der Waals surface area (Å²) >= 11 is 0. The van der Waals surface area contributed by atoms with Gasteiger partial charge in [0.15, 0.2) is 5.82 Å². The molecule has 0 radical (unpaired) electrons. The average Bonchev–Trinajstić information content (AvgIpc) is 2.88. The second kappa shape index (κ2) is 5.21. The first kappa shape index (κ1) is 10.4. The molecule has 3 rings (SSSR count). The largest absolute Gasteiger partial charge is 0.298 e. The van der Waals surface area contributed by atoms with Gasteiger partial charge in [-0.25, -0.2) is 0 Å². The van der Waals surface area contributed by atoms with E-state index in [2.05, 4.69) is 6.20 Å². The molecule has 0 unspecified atom stereocenters. The number of aromatic nitrogens is 2. The SMILES string of the molecule is [2H]C([2H])([2H])C(=CC)c1[c-][n+](-c2ccccc2C)c2n(C)cccc1-2. The molecule has 2 aliphatic heterocycles. The molecule has 0 N–H and O–H groups in total. The predicted octanol–water partition coefficient (Wildman–Crippen LogP) is 3.94. The van der Waals surface area contributed by atoms with Crippen LogP contribution in [0.2, 0.25) is 0 Å². The highest BCUT2D eigenvalue weighted by molar-refractivity contribution is 5.77. The smallest absolute Gasteiger partial charge is 0.196 e. The van der Waals surface area contributed by atoms with Gasteiger partial charge in [-0.2, -0.15) is 0 Å². The third-order valence-corrected chi connectivity index (χ3v) is 3.77. The summed E-state index contributed by atoms with van der Waals surface area (Å²) in [5.41, 5.74) is 3.94. The summed E-state index contributed by atoms with van der Waals surface area (Å²) in [7, 11) is 1.96. The van der Waals surface area contributed by atoms with E-state index in [0.717, 1.165) is 22.6 Å². The molecule has 0 amide bonds. The topological polar surface area (TPSA) is 8.81 Å². The lowest BCUT2D eigenvalue weighted by Gasteiger charge is -2.12. The third kappa shape index (κ3) is 2.17. The van der Waals surface area contributed by atoms with Crippen molar-refractivity contribution in [3.8, 4) is 17.1 Å². The number of hydrogen-bond acceptors (Lipinski definition) is 0. The summed E-state index contributed by atoms with van der Waals surface area (Å²) in [5.74, 6) is 0.922. The van der Waals surface area contributed by atoms with Crippen LogP contribution in [-0.4, -0.2) is 4.57 Å². The number of pyridine rings is 1. The van der Waals surface area contributed by atoms with Gasteiger partial charge in [0.2, 0.25) is 0 Å². The van der Waals surface area contributed by atoms with Crippen molar-refractivity contribution in [1.82, 2.24) is 4.57 Å². The Labute approximate surface area is 130 Å². The average molecular weight is 279 g/mol. The van der Waals surface area contributed by atoms with Gasteiger partial charge in [0.05, 0.1) is 25.1 Å². The van der Waals surface area contributed by atoms with Gasteiger partial charge < -0.3 is 0 Å². The zero-order valence-corrected chi connectivity index (χ0v) is 12.5. The van der Waals surface area contributed by atoms with Crippen molar-refractivity contribution < 1.29 is 8.68 Å². The maximum atomic E-state index is 7.84. The summed E-state index contributed by atoms with van der Waals surface area (Å²) in [4.78, 5) is 0. The number of hydrogen-bond donors (Lipinski definition) is 0. The summed E-state index contributed by atoms with van der Waals surface area (Å²) in [5, 5.41) is 0. The molecule has 0 bridgehead atoms. The van der Waals surface area contributed by atoms with Gasteiger partial charge in [0, 0.05) is 4.11 Å². The van der Waals surface area contributed by atoms with Gasteiger partial charge in [0.25, 0.3) is 0 Å². The van der Waals surface area contributed by atoms with E-state index in [1.807, 2.05) is 65.7 Å². The zero-order valence-electron chi connectivity index (χ0n) is 15.5. The van der Waals surface area contributed by atoms with Crippen LogP contribution in [0, 0.1) is 13.1 Å². The van der Waals surface area contributed by atoms with Crippen LogP contribution in [0.25, 0.3) is 22.6 Å². The lowest BCUT2D eigenvalue weighted by Crippen LogP contribution is -2.34. The number of nitrogens with zero attached hydrogens (tertiary/aromatic N) is 2. The Balaban J connectivity index is 2.35. The van der Waals surface area contributed by atoms with E-state index in [1.54, 1.807) is 13.0 Å². The number of rotatable bonds is 2. The van der Waals surface area contributed by atoms with Gasteiger partial charge in [-0.3, -0.25) is 9.13 Å². The van der Waals surface area contributed by atoms with Crippen molar-refractivity contribution in [2.24, 2.45) is 7.05 Å². The Morgan fingerprint density at radius 2 is 2.10 bits per heavy atom. The highest BCUT2D eigenvalue weighted by Crippen LogP contribution is 2.29. The first-order chi connectivity index (χ1) is 11.3. The Bertz CT molecular complexity index is 888. The van der Waals surface area contributed by atoms with Crippen LogP contribution < -0.4 is 4.57 Å². The molecule has 0 saturated heterocycles. The molecule has 0 spiro atoms. The Hall–Kier alpha value is -2.35. The minimum atomic E-state index is -2.18. The van der Waals surface area contributed by atoms with E-state index >= 15 is 0 Å². The van der Waals surface area contributed by atoms with Crippen LogP contribution in [0.15, 0.2) is 48.7 Å². The fraction of sp³-hybridized carbons (Fsp3) is 0.211. The molecule has 106 valence electrons. The second-order valence-corrected chi connectivity index (χ2v) is 5.17. The second-order valence-electron chi connectivity index (χ2n) is 5.17. The van der Waals surface area contributed by atoms with E-state index in [4.69, 9.17) is 4.11 Å². The van der Waals surface area contributed by atoms with Crippen molar-refractivity contribution in [1.29, 1.82) is 0 Å². The van der Waals surface area contributed by atoms with Crippen molar-refractivity contribution in [2.45, 2.75) is 20.7 Å². The minimum Gasteiger partial charge on any atom is -0.298 e. The molecular weight excluding hydrogens is 256 g/mol. The maximum absolute atomic E-state index is 7.84. The van der Waals surface area contributed by atoms with Crippen LogP contribution in [0.1, 0.15) is 29.0 Å². The van der Waals surface area contributed by atoms with Gasteiger partial charge in [-0.05, 0) is 30.2 Å². The molecule has 0 fully saturated rings. The predicted molar refractivity (Wildman–Crippen MR) is 86.5 cm³/mol. The Morgan fingerprint density at radius 1 is 1.29 bits per heavy atom. The number of aryl methyl sites for hydroxylation is 2. The highest BCUT2D eigenvalue weighted by Gasteiger charge is 2.19. The van der Waals surface area contributed by atoms with Crippen molar-refractivity contribution >= 4 is 5.57 Å². The van der Waals surface area contributed by atoms with Crippen LogP contribution in [-0.2, 0) is 7.05 Å². The molecule has 1 aromatic carbocycles. The molecule has 2 heterocycles. The minimum absolute atomic E-state index is 0.325. The summed E-state index contributed by atoms with van der Waals surface area (Å²) in [6.07, 6.45) is 6.93. The highest BCUT2D eigenvalue weighted by atomic mass is 15.1. The van der Waals surface area contributed by atoms with E-state index in [1.165, 1.54) is 0 Å². The maximum Gasteiger partial charge on any atom is 0.196 e. The molecule has 0 saturated carbocycles. The molecule has 0 aromatic heterocycles. The van der Waals surface area contributed by atoms with Crippen molar-refractivity contribution in [3.05, 3.63) is 66.0 Å². The Morgan fingerprint density at radius 3 is 2.81 bits per heavy atom. The monoisotopic (exact) mass is 279 g/mol. The van der Waals surface area contributed by atoms with Crippen LogP contribution >= 0.6 is 0 Å². The van der Waals surface area contributed by atoms with Gasteiger partial charge in [-0.15, -0.1) is 11.6 Å². The summed E-state index contributed by atoms with van der Waals surface area (Å²) in [6.45, 7) is 1.62. The number of benzene rings is 1. The molecule has 0 atom stereocenters. The number of fused-ring (bicyclic) bond motifs is 1. The summed E-state index contributed by atoms with van der Waals surface area (Å²) < 4.78 is 27.5. The van der Waals surface area contributed by atoms with Crippen LogP contribution in [0.3, 0.4) is 0 Å². The fourth-order valence-electron chi connectivity index (χ4n) is 2.64. The first-order valence-electron chi connectivity index (χ1n) is 8.50. The van der Waals surface area contributed by atoms with Crippen molar-refractivity contribution in [2.75, 3.05) is 0 Å². The number of allylic oxidation sites excluding steroid dienone is 2. The van der Waals surface area contributed by atoms with E-state index in [9.17, 15) is 0 Å². The van der Waals surface area contributed by atoms with E-state index in [0.29, 0.717) is 11.1 Å². The first-order valence-corrected chi connectivity index (χ1v) is 7.00. The Kier molecular flexibility index (Phi) is 2.58. The van der Waals surface area contributed by atoms with Gasteiger partial charge in [0.1, 0.15) is 0 Å². The molecule has 0 aliphatic carbocycles. The molecule has 2 nitrogen and oxygen atoms in total. The van der Waals surface area contributed by atoms with Crippen molar-refractivity contribution in [3.63, 3.8) is 0 Å². The van der Waals surface area contributed by atoms with Gasteiger partial charge in [-0.1, -0.05) is 43.6 Å². The molecule has 2 heteroatoms. The quantitative estimate of drug-likeness (QED) is 0.496. The lowest BCUT2D eigenvalue weighted by molar-refractivity contribution is -0.589. The van der Waals surface area contributed by atoms with Crippen LogP contribution in [0.5, 0.6) is 0 Å². The third-order valence-electron chi connectivity index (χ3n) is 3.77. The lowest BCUT2D eigenvalue weighted by atomic mass is 10.0. The van der Waals surface area contributed by atoms with E-state index in [-0.39, 0.29) is 0 Å². The molecule has 21 heavy (non-hydrogen) atoms.